The van der Waals surface area contributed by atoms with E-state index in [-0.39, 0.29) is 35.7 Å². The second-order valence-corrected chi connectivity index (χ2v) is 8.54. The predicted octanol–water partition coefficient (Wildman–Crippen LogP) is 2.92. The summed E-state index contributed by atoms with van der Waals surface area (Å²) in [5.74, 6) is 1.71. The van der Waals surface area contributed by atoms with E-state index >= 15 is 0 Å². The van der Waals surface area contributed by atoms with E-state index in [1.165, 1.54) is 24.1 Å². The zero-order chi connectivity index (χ0) is 21.6. The highest BCUT2D eigenvalue weighted by Gasteiger charge is 2.17. The standard InChI is InChI=1S/C23H35N7O.HI/c1-18(19-9-7-10-20(17-19)28-13-5-6-14-28)26-22(24-2)25-12-8-16-30-23(31)29-15-4-3-11-21(29)27-30;/h7,9-10,17-18H,3-6,8,11-16H2,1-2H3,(H2,24,25,26);1H. The van der Waals surface area contributed by atoms with E-state index in [9.17, 15) is 4.79 Å². The molecular weight excluding hydrogens is 517 g/mol. The topological polar surface area (TPSA) is 79.5 Å². The summed E-state index contributed by atoms with van der Waals surface area (Å²) in [7, 11) is 1.79. The van der Waals surface area contributed by atoms with Crippen LogP contribution in [0, 0.1) is 0 Å². The molecule has 1 saturated heterocycles. The molecule has 2 aromatic rings. The minimum atomic E-state index is 0. The molecule has 2 aliphatic heterocycles. The van der Waals surface area contributed by atoms with Crippen LogP contribution in [0.1, 0.15) is 56.5 Å². The van der Waals surface area contributed by atoms with Gasteiger partial charge in [0.2, 0.25) is 0 Å². The number of nitrogens with zero attached hydrogens (tertiary/aromatic N) is 5. The maximum Gasteiger partial charge on any atom is 0.345 e. The van der Waals surface area contributed by atoms with E-state index in [4.69, 9.17) is 0 Å². The number of guanidine groups is 1. The van der Waals surface area contributed by atoms with Crippen LogP contribution in [-0.4, -0.2) is 47.0 Å². The number of fused-ring (bicyclic) bond motifs is 1. The Bertz CT molecular complexity index is 961. The number of benzene rings is 1. The Labute approximate surface area is 207 Å². The fraction of sp³-hybridized carbons (Fsp3) is 0.609. The predicted molar refractivity (Wildman–Crippen MR) is 140 cm³/mol. The Kier molecular flexibility index (Phi) is 9.01. The van der Waals surface area contributed by atoms with Gasteiger partial charge in [-0.1, -0.05) is 12.1 Å². The van der Waals surface area contributed by atoms with Crippen molar-refractivity contribution in [3.63, 3.8) is 0 Å². The van der Waals surface area contributed by atoms with Crippen molar-refractivity contribution in [2.45, 2.75) is 64.6 Å². The number of hydrogen-bond acceptors (Lipinski definition) is 4. The molecule has 3 heterocycles. The van der Waals surface area contributed by atoms with Crippen molar-refractivity contribution in [1.29, 1.82) is 0 Å². The smallest absolute Gasteiger partial charge is 0.345 e. The number of aryl methyl sites for hydroxylation is 2. The summed E-state index contributed by atoms with van der Waals surface area (Å²) in [5, 5.41) is 11.4. The van der Waals surface area contributed by atoms with Crippen molar-refractivity contribution in [2.75, 3.05) is 31.6 Å². The lowest BCUT2D eigenvalue weighted by Crippen LogP contribution is -2.39. The molecule has 1 unspecified atom stereocenters. The molecule has 0 bridgehead atoms. The molecule has 1 fully saturated rings. The number of rotatable bonds is 7. The second-order valence-electron chi connectivity index (χ2n) is 8.54. The molecule has 4 rings (SSSR count). The van der Waals surface area contributed by atoms with Crippen LogP contribution in [0.5, 0.6) is 0 Å². The largest absolute Gasteiger partial charge is 0.372 e. The third-order valence-corrected chi connectivity index (χ3v) is 6.29. The lowest BCUT2D eigenvalue weighted by atomic mass is 10.1. The Morgan fingerprint density at radius 3 is 2.72 bits per heavy atom. The highest BCUT2D eigenvalue weighted by Crippen LogP contribution is 2.23. The van der Waals surface area contributed by atoms with E-state index in [0.29, 0.717) is 6.54 Å². The van der Waals surface area contributed by atoms with Gasteiger partial charge in [-0.3, -0.25) is 9.56 Å². The number of aromatic nitrogens is 3. The Balaban J connectivity index is 0.00000289. The third-order valence-electron chi connectivity index (χ3n) is 6.29. The van der Waals surface area contributed by atoms with Gasteiger partial charge in [0, 0.05) is 51.9 Å². The lowest BCUT2D eigenvalue weighted by molar-refractivity contribution is 0.509. The summed E-state index contributed by atoms with van der Waals surface area (Å²) in [6.45, 7) is 6.62. The van der Waals surface area contributed by atoms with E-state index < -0.39 is 0 Å². The number of hydrogen-bond donors (Lipinski definition) is 2. The summed E-state index contributed by atoms with van der Waals surface area (Å²) in [6, 6.07) is 8.93. The molecule has 2 aliphatic rings. The minimum absolute atomic E-state index is 0. The molecule has 1 atom stereocenters. The van der Waals surface area contributed by atoms with Gasteiger partial charge in [-0.05, 0) is 56.7 Å². The molecule has 8 nitrogen and oxygen atoms in total. The summed E-state index contributed by atoms with van der Waals surface area (Å²) in [6.07, 6.45) is 6.48. The first-order chi connectivity index (χ1) is 15.2. The van der Waals surface area contributed by atoms with E-state index in [1.54, 1.807) is 11.7 Å². The molecule has 9 heteroatoms. The molecule has 1 aromatic heterocycles. The zero-order valence-corrected chi connectivity index (χ0v) is 21.5. The molecule has 0 aliphatic carbocycles. The van der Waals surface area contributed by atoms with Crippen LogP contribution in [0.15, 0.2) is 34.1 Å². The summed E-state index contributed by atoms with van der Waals surface area (Å²) >= 11 is 0. The van der Waals surface area contributed by atoms with Gasteiger partial charge < -0.3 is 15.5 Å². The highest BCUT2D eigenvalue weighted by atomic mass is 127. The van der Waals surface area contributed by atoms with Crippen molar-refractivity contribution < 1.29 is 0 Å². The van der Waals surface area contributed by atoms with Gasteiger partial charge in [-0.15, -0.1) is 24.0 Å². The molecule has 0 saturated carbocycles. The fourth-order valence-corrected chi connectivity index (χ4v) is 4.48. The summed E-state index contributed by atoms with van der Waals surface area (Å²) in [4.78, 5) is 19.2. The van der Waals surface area contributed by atoms with Crippen molar-refractivity contribution in [2.24, 2.45) is 4.99 Å². The van der Waals surface area contributed by atoms with Crippen LogP contribution in [-0.2, 0) is 19.5 Å². The molecule has 32 heavy (non-hydrogen) atoms. The maximum atomic E-state index is 12.4. The van der Waals surface area contributed by atoms with Gasteiger partial charge in [0.25, 0.3) is 0 Å². The maximum absolute atomic E-state index is 12.4. The average molecular weight is 553 g/mol. The van der Waals surface area contributed by atoms with Crippen LogP contribution in [0.4, 0.5) is 5.69 Å². The van der Waals surface area contributed by atoms with Crippen LogP contribution < -0.4 is 21.2 Å². The first-order valence-corrected chi connectivity index (χ1v) is 11.6. The molecule has 0 radical (unpaired) electrons. The van der Waals surface area contributed by atoms with Gasteiger partial charge in [0.05, 0.1) is 6.04 Å². The second kappa shape index (κ2) is 11.7. The van der Waals surface area contributed by atoms with E-state index in [0.717, 1.165) is 63.6 Å². The van der Waals surface area contributed by atoms with Crippen molar-refractivity contribution in [3.05, 3.63) is 46.1 Å². The Morgan fingerprint density at radius 2 is 1.97 bits per heavy atom. The normalized spacial score (nSPS) is 16.9. The van der Waals surface area contributed by atoms with Crippen LogP contribution in [0.3, 0.4) is 0 Å². The SMILES string of the molecule is CN=C(NCCCn1nc2n(c1=O)CCCC2)NC(C)c1cccc(N2CCCC2)c1.I. The number of halogens is 1. The quantitative estimate of drug-likeness (QED) is 0.239. The molecule has 176 valence electrons. The number of anilines is 1. The van der Waals surface area contributed by atoms with Gasteiger partial charge in [-0.2, -0.15) is 5.10 Å². The monoisotopic (exact) mass is 553 g/mol. The van der Waals surface area contributed by atoms with Crippen LogP contribution in [0.25, 0.3) is 0 Å². The third kappa shape index (κ3) is 5.85. The summed E-state index contributed by atoms with van der Waals surface area (Å²) < 4.78 is 3.44. The molecular formula is C23H36IN7O. The van der Waals surface area contributed by atoms with Crippen molar-refractivity contribution in [1.82, 2.24) is 25.0 Å². The molecule has 0 spiro atoms. The van der Waals surface area contributed by atoms with Gasteiger partial charge in [-0.25, -0.2) is 9.48 Å². The minimum Gasteiger partial charge on any atom is -0.372 e. The first kappa shape index (κ1) is 24.6. The number of nitrogens with one attached hydrogen (secondary N) is 2. The summed E-state index contributed by atoms with van der Waals surface area (Å²) in [5.41, 5.74) is 2.59. The van der Waals surface area contributed by atoms with E-state index in [2.05, 4.69) is 56.8 Å². The molecule has 1 aromatic carbocycles. The Hall–Kier alpha value is -2.04. The molecule has 0 amide bonds. The number of aliphatic imine (C=N–C) groups is 1. The van der Waals surface area contributed by atoms with Gasteiger partial charge in [0.15, 0.2) is 5.96 Å². The first-order valence-electron chi connectivity index (χ1n) is 11.6. The highest BCUT2D eigenvalue weighted by molar-refractivity contribution is 14.0. The van der Waals surface area contributed by atoms with Crippen LogP contribution >= 0.6 is 24.0 Å². The van der Waals surface area contributed by atoms with Crippen molar-refractivity contribution >= 4 is 35.6 Å². The lowest BCUT2D eigenvalue weighted by Gasteiger charge is -2.22. The molecule has 2 N–H and O–H groups in total. The Morgan fingerprint density at radius 1 is 1.19 bits per heavy atom. The zero-order valence-electron chi connectivity index (χ0n) is 19.2. The van der Waals surface area contributed by atoms with Crippen LogP contribution in [0.2, 0.25) is 0 Å². The fourth-order valence-electron chi connectivity index (χ4n) is 4.48. The van der Waals surface area contributed by atoms with Gasteiger partial charge in [0.1, 0.15) is 5.82 Å². The van der Waals surface area contributed by atoms with Gasteiger partial charge >= 0.3 is 5.69 Å². The average Bonchev–Trinajstić information content (AvgIpc) is 3.45. The van der Waals surface area contributed by atoms with Crippen molar-refractivity contribution in [3.8, 4) is 0 Å². The van der Waals surface area contributed by atoms with E-state index in [1.807, 2.05) is 4.57 Å².